The molecular weight excluding hydrogens is 385 g/mol. The molecule has 3 aromatic rings. The van der Waals surface area contributed by atoms with E-state index < -0.39 is 17.8 Å². The first-order valence-electron chi connectivity index (χ1n) is 9.45. The molecule has 3 aromatic carbocycles. The summed E-state index contributed by atoms with van der Waals surface area (Å²) in [4.78, 5) is 24.4. The molecule has 30 heavy (non-hydrogen) atoms. The van der Waals surface area contributed by atoms with E-state index in [4.69, 9.17) is 9.47 Å². The summed E-state index contributed by atoms with van der Waals surface area (Å²) in [6.07, 6.45) is -0.0634. The number of hydrogen-bond acceptors (Lipinski definition) is 4. The summed E-state index contributed by atoms with van der Waals surface area (Å²) >= 11 is 0. The maximum Gasteiger partial charge on any atom is 0.307 e. The van der Waals surface area contributed by atoms with Gasteiger partial charge in [0.1, 0.15) is 18.2 Å². The van der Waals surface area contributed by atoms with E-state index in [0.717, 1.165) is 5.56 Å². The number of nitrogens with one attached hydrogen (secondary N) is 1. The van der Waals surface area contributed by atoms with Crippen molar-refractivity contribution in [3.63, 3.8) is 0 Å². The van der Waals surface area contributed by atoms with Gasteiger partial charge >= 0.3 is 5.97 Å². The van der Waals surface area contributed by atoms with Crippen LogP contribution in [0.25, 0.3) is 0 Å². The van der Waals surface area contributed by atoms with E-state index in [1.54, 1.807) is 24.3 Å². The molecule has 0 saturated carbocycles. The van der Waals surface area contributed by atoms with Crippen LogP contribution in [0.1, 0.15) is 33.9 Å². The lowest BCUT2D eigenvalue weighted by molar-refractivity contribution is -0.141. The molecular formula is C24H22FNO4. The van der Waals surface area contributed by atoms with Gasteiger partial charge in [0, 0.05) is 5.56 Å². The van der Waals surface area contributed by atoms with Crippen molar-refractivity contribution >= 4 is 11.9 Å². The number of amides is 1. The molecule has 6 heteroatoms. The van der Waals surface area contributed by atoms with Crippen LogP contribution in [0.15, 0.2) is 78.9 Å². The minimum absolute atomic E-state index is 0.0634. The molecule has 0 saturated heterocycles. The summed E-state index contributed by atoms with van der Waals surface area (Å²) < 4.78 is 23.7. The summed E-state index contributed by atoms with van der Waals surface area (Å²) in [5, 5.41) is 2.81. The minimum Gasteiger partial charge on any atom is -0.489 e. The predicted molar refractivity (Wildman–Crippen MR) is 110 cm³/mol. The fourth-order valence-corrected chi connectivity index (χ4v) is 2.88. The Kier molecular flexibility index (Phi) is 7.16. The van der Waals surface area contributed by atoms with E-state index in [1.165, 1.54) is 31.4 Å². The highest BCUT2D eigenvalue weighted by atomic mass is 19.1. The number of hydrogen-bond donors (Lipinski definition) is 1. The highest BCUT2D eigenvalue weighted by molar-refractivity contribution is 5.94. The first-order chi connectivity index (χ1) is 14.5. The molecule has 154 valence electrons. The van der Waals surface area contributed by atoms with Crippen molar-refractivity contribution in [1.82, 2.24) is 5.32 Å². The van der Waals surface area contributed by atoms with Crippen LogP contribution in [-0.2, 0) is 16.1 Å². The molecule has 3 rings (SSSR count). The first-order valence-corrected chi connectivity index (χ1v) is 9.45. The number of esters is 1. The zero-order valence-corrected chi connectivity index (χ0v) is 16.5. The van der Waals surface area contributed by atoms with Gasteiger partial charge < -0.3 is 14.8 Å². The van der Waals surface area contributed by atoms with Crippen LogP contribution in [0.2, 0.25) is 0 Å². The van der Waals surface area contributed by atoms with Gasteiger partial charge in [0.25, 0.3) is 5.91 Å². The van der Waals surface area contributed by atoms with Crippen LogP contribution in [0.3, 0.4) is 0 Å². The third-order valence-corrected chi connectivity index (χ3v) is 4.54. The van der Waals surface area contributed by atoms with Gasteiger partial charge in [-0.15, -0.1) is 0 Å². The second kappa shape index (κ2) is 10.2. The number of ether oxygens (including phenoxy) is 2. The second-order valence-corrected chi connectivity index (χ2v) is 6.66. The van der Waals surface area contributed by atoms with Gasteiger partial charge in [0.15, 0.2) is 0 Å². The Morgan fingerprint density at radius 1 is 0.933 bits per heavy atom. The monoisotopic (exact) mass is 407 g/mol. The SMILES string of the molecule is COC(=O)CC(NC(=O)c1ccc(OCc2ccccc2)cc1)c1ccc(F)cc1. The third-order valence-electron chi connectivity index (χ3n) is 4.54. The average Bonchev–Trinajstić information content (AvgIpc) is 2.78. The lowest BCUT2D eigenvalue weighted by Gasteiger charge is -2.18. The maximum atomic E-state index is 13.2. The number of halogens is 1. The largest absolute Gasteiger partial charge is 0.489 e. The summed E-state index contributed by atoms with van der Waals surface area (Å²) in [6.45, 7) is 0.429. The highest BCUT2D eigenvalue weighted by Crippen LogP contribution is 2.20. The molecule has 1 unspecified atom stereocenters. The number of rotatable bonds is 8. The quantitative estimate of drug-likeness (QED) is 0.561. The molecule has 5 nitrogen and oxygen atoms in total. The van der Waals surface area contributed by atoms with Crippen molar-refractivity contribution in [3.8, 4) is 5.75 Å². The van der Waals surface area contributed by atoms with Gasteiger partial charge in [0.2, 0.25) is 0 Å². The molecule has 1 atom stereocenters. The van der Waals surface area contributed by atoms with E-state index >= 15 is 0 Å². The summed E-state index contributed by atoms with van der Waals surface area (Å²) in [5.74, 6) is -0.592. The molecule has 1 amide bonds. The van der Waals surface area contributed by atoms with Crippen LogP contribution < -0.4 is 10.1 Å². The standard InChI is InChI=1S/C24H22FNO4/c1-29-23(27)15-22(18-7-11-20(25)12-8-18)26-24(28)19-9-13-21(14-10-19)30-16-17-5-3-2-4-6-17/h2-14,22H,15-16H2,1H3,(H,26,28). The molecule has 0 fully saturated rings. The van der Waals surface area contributed by atoms with Crippen LogP contribution in [-0.4, -0.2) is 19.0 Å². The first kappa shape index (κ1) is 21.0. The topological polar surface area (TPSA) is 64.6 Å². The van der Waals surface area contributed by atoms with Crippen molar-refractivity contribution in [1.29, 1.82) is 0 Å². The molecule has 0 aromatic heterocycles. The normalized spacial score (nSPS) is 11.4. The van der Waals surface area contributed by atoms with Gasteiger partial charge in [0.05, 0.1) is 19.6 Å². The Morgan fingerprint density at radius 2 is 1.60 bits per heavy atom. The molecule has 0 aliphatic heterocycles. The molecule has 0 aliphatic carbocycles. The van der Waals surface area contributed by atoms with Crippen LogP contribution in [0, 0.1) is 5.82 Å². The van der Waals surface area contributed by atoms with E-state index in [0.29, 0.717) is 23.5 Å². The van der Waals surface area contributed by atoms with Gasteiger partial charge in [-0.05, 0) is 47.5 Å². The van der Waals surface area contributed by atoms with E-state index in [9.17, 15) is 14.0 Å². The summed E-state index contributed by atoms with van der Waals surface area (Å²) in [7, 11) is 1.28. The van der Waals surface area contributed by atoms with Gasteiger partial charge in [-0.2, -0.15) is 0 Å². The van der Waals surface area contributed by atoms with E-state index in [2.05, 4.69) is 5.32 Å². The lowest BCUT2D eigenvalue weighted by Crippen LogP contribution is -2.30. The lowest BCUT2D eigenvalue weighted by atomic mass is 10.0. The van der Waals surface area contributed by atoms with Crippen LogP contribution in [0.5, 0.6) is 5.75 Å². The predicted octanol–water partition coefficient (Wildman–Crippen LogP) is 4.44. The number of benzene rings is 3. The van der Waals surface area contributed by atoms with Crippen molar-refractivity contribution < 1.29 is 23.5 Å². The number of methoxy groups -OCH3 is 1. The zero-order valence-electron chi connectivity index (χ0n) is 16.5. The molecule has 0 bridgehead atoms. The zero-order chi connectivity index (χ0) is 21.3. The Balaban J connectivity index is 1.65. The smallest absolute Gasteiger partial charge is 0.307 e. The molecule has 0 radical (unpaired) electrons. The Labute approximate surface area is 174 Å². The maximum absolute atomic E-state index is 13.2. The number of carbonyl (C=O) groups excluding carboxylic acids is 2. The fourth-order valence-electron chi connectivity index (χ4n) is 2.88. The van der Waals surface area contributed by atoms with Gasteiger partial charge in [-0.3, -0.25) is 9.59 Å². The van der Waals surface area contributed by atoms with Gasteiger partial charge in [-0.25, -0.2) is 4.39 Å². The van der Waals surface area contributed by atoms with E-state index in [-0.39, 0.29) is 12.3 Å². The van der Waals surface area contributed by atoms with Crippen molar-refractivity contribution in [2.24, 2.45) is 0 Å². The molecule has 0 heterocycles. The van der Waals surface area contributed by atoms with Crippen LogP contribution >= 0.6 is 0 Å². The van der Waals surface area contributed by atoms with Crippen LogP contribution in [0.4, 0.5) is 4.39 Å². The molecule has 0 spiro atoms. The van der Waals surface area contributed by atoms with Crippen molar-refractivity contribution in [2.45, 2.75) is 19.1 Å². The highest BCUT2D eigenvalue weighted by Gasteiger charge is 2.20. The summed E-state index contributed by atoms with van der Waals surface area (Å²) in [6, 6.07) is 21.5. The Bertz CT molecular complexity index is 972. The fraction of sp³-hybridized carbons (Fsp3) is 0.167. The number of carbonyl (C=O) groups is 2. The molecule has 0 aliphatic rings. The Hall–Kier alpha value is -3.67. The minimum atomic E-state index is -0.639. The molecule has 1 N–H and O–H groups in total. The Morgan fingerprint density at radius 3 is 2.23 bits per heavy atom. The average molecular weight is 407 g/mol. The van der Waals surface area contributed by atoms with Gasteiger partial charge in [-0.1, -0.05) is 42.5 Å². The van der Waals surface area contributed by atoms with E-state index in [1.807, 2.05) is 30.3 Å². The van der Waals surface area contributed by atoms with Crippen molar-refractivity contribution in [2.75, 3.05) is 7.11 Å². The second-order valence-electron chi connectivity index (χ2n) is 6.66. The van der Waals surface area contributed by atoms with Crippen molar-refractivity contribution in [3.05, 3.63) is 101 Å². The summed E-state index contributed by atoms with van der Waals surface area (Å²) in [5.41, 5.74) is 2.07. The third kappa shape index (κ3) is 5.91.